The third-order valence-corrected chi connectivity index (χ3v) is 3.30. The van der Waals surface area contributed by atoms with E-state index in [-0.39, 0.29) is 0 Å². The summed E-state index contributed by atoms with van der Waals surface area (Å²) >= 11 is 5.69. The first-order valence-corrected chi connectivity index (χ1v) is 6.52. The highest BCUT2D eigenvalue weighted by Crippen LogP contribution is 2.45. The summed E-state index contributed by atoms with van der Waals surface area (Å²) in [6.07, 6.45) is 0. The van der Waals surface area contributed by atoms with Crippen molar-refractivity contribution < 1.29 is 9.30 Å². The first kappa shape index (κ1) is 9.63. The molecule has 0 aliphatic heterocycles. The average Bonchev–Trinajstić information content (AvgIpc) is 2.03. The minimum absolute atomic E-state index is 0.628. The van der Waals surface area contributed by atoms with Gasteiger partial charge in [0.05, 0.1) is 7.11 Å². The summed E-state index contributed by atoms with van der Waals surface area (Å²) in [6, 6.07) is 6.98. The van der Waals surface area contributed by atoms with Crippen molar-refractivity contribution in [3.63, 3.8) is 0 Å². The largest absolute Gasteiger partial charge is 0.497 e. The smallest absolute Gasteiger partial charge is 0.194 e. The second-order valence-corrected chi connectivity index (χ2v) is 6.61. The normalized spacial score (nSPS) is 15.2. The molecule has 0 radical (unpaired) electrons. The molecule has 1 rings (SSSR count). The quantitative estimate of drug-likeness (QED) is 0.692. The Hall–Kier alpha value is -0.460. The van der Waals surface area contributed by atoms with Crippen molar-refractivity contribution in [3.8, 4) is 5.75 Å². The van der Waals surface area contributed by atoms with Crippen LogP contribution in [-0.4, -0.2) is 13.8 Å². The van der Waals surface area contributed by atoms with Crippen LogP contribution in [0, 0.1) is 0 Å². The molecule has 1 atom stereocenters. The van der Waals surface area contributed by atoms with Crippen molar-refractivity contribution >= 4 is 23.0 Å². The van der Waals surface area contributed by atoms with Gasteiger partial charge in [-0.3, -0.25) is 0 Å². The molecule has 0 spiro atoms. The van der Waals surface area contributed by atoms with Gasteiger partial charge < -0.3 is 9.30 Å². The molecule has 0 saturated carbocycles. The summed E-state index contributed by atoms with van der Waals surface area (Å²) in [5, 5.41) is 0.628. The van der Waals surface area contributed by atoms with Crippen LogP contribution < -0.4 is 10.0 Å². The molecule has 1 aromatic rings. The van der Waals surface area contributed by atoms with E-state index in [4.69, 9.17) is 16.0 Å². The van der Waals surface area contributed by atoms with Crippen molar-refractivity contribution in [2.45, 2.75) is 0 Å². The zero-order chi connectivity index (χ0) is 9.19. The Morgan fingerprint density at radius 1 is 1.50 bits per heavy atom. The maximum absolute atomic E-state index is 11.4. The van der Waals surface area contributed by atoms with Crippen LogP contribution in [0.15, 0.2) is 24.3 Å². The number of hydrogen-bond donors (Lipinski definition) is 0. The predicted octanol–water partition coefficient (Wildman–Crippen LogP) is 2.47. The summed E-state index contributed by atoms with van der Waals surface area (Å²) in [6.45, 7) is -1.15. The van der Waals surface area contributed by atoms with Gasteiger partial charge in [-0.05, 0) is 23.4 Å². The number of hydrogen-bond acceptors (Lipinski definition) is 2. The van der Waals surface area contributed by atoms with Gasteiger partial charge in [-0.2, -0.15) is 0 Å². The molecular weight excluding hydrogens is 195 g/mol. The molecule has 0 bridgehead atoms. The van der Waals surface area contributed by atoms with Gasteiger partial charge in [0.25, 0.3) is 0 Å². The third-order valence-electron chi connectivity index (χ3n) is 1.51. The maximum Gasteiger partial charge on any atom is 0.194 e. The van der Waals surface area contributed by atoms with Crippen LogP contribution in [0.4, 0.5) is 0 Å². The third kappa shape index (κ3) is 2.26. The zero-order valence-electron chi connectivity index (χ0n) is 6.95. The Bertz CT molecular complexity index is 319. The van der Waals surface area contributed by atoms with Crippen LogP contribution in [0.3, 0.4) is 0 Å². The van der Waals surface area contributed by atoms with Gasteiger partial charge in [0, 0.05) is 12.0 Å². The van der Waals surface area contributed by atoms with Crippen molar-refractivity contribution in [2.24, 2.45) is 0 Å². The Morgan fingerprint density at radius 2 is 2.17 bits per heavy atom. The van der Waals surface area contributed by atoms with E-state index in [9.17, 15) is 4.57 Å². The molecule has 1 unspecified atom stereocenters. The lowest BCUT2D eigenvalue weighted by molar-refractivity contribution is 0.415. The molecule has 0 aliphatic carbocycles. The van der Waals surface area contributed by atoms with Crippen molar-refractivity contribution in [2.75, 3.05) is 13.8 Å². The van der Waals surface area contributed by atoms with Gasteiger partial charge in [-0.25, -0.2) is 0 Å². The fourth-order valence-corrected chi connectivity index (χ4v) is 1.88. The molecule has 0 aromatic heterocycles. The summed E-state index contributed by atoms with van der Waals surface area (Å²) < 4.78 is 16.4. The van der Waals surface area contributed by atoms with Gasteiger partial charge in [-0.1, -0.05) is 12.1 Å². The molecule has 0 N–H and O–H groups in total. The standard InChI is InChI=1S/C8H10ClO2P/c1-11-7-4-3-5-8(6-7)12(2,9)10/h3-6H,1-2H3. The van der Waals surface area contributed by atoms with E-state index in [1.54, 1.807) is 31.4 Å². The van der Waals surface area contributed by atoms with Crippen LogP contribution in [0.1, 0.15) is 0 Å². The minimum atomic E-state index is -2.67. The molecule has 0 fully saturated rings. The molecule has 0 saturated heterocycles. The monoisotopic (exact) mass is 204 g/mol. The summed E-state index contributed by atoms with van der Waals surface area (Å²) in [5.41, 5.74) is 0. The van der Waals surface area contributed by atoms with Gasteiger partial charge in [0.1, 0.15) is 5.75 Å². The van der Waals surface area contributed by atoms with Crippen molar-refractivity contribution in [1.82, 2.24) is 0 Å². The molecule has 4 heteroatoms. The van der Waals surface area contributed by atoms with E-state index in [1.807, 2.05) is 0 Å². The topological polar surface area (TPSA) is 26.3 Å². The lowest BCUT2D eigenvalue weighted by atomic mass is 10.3. The van der Waals surface area contributed by atoms with Crippen LogP contribution in [0.2, 0.25) is 0 Å². The van der Waals surface area contributed by atoms with E-state index >= 15 is 0 Å². The molecule has 0 aliphatic rings. The zero-order valence-corrected chi connectivity index (χ0v) is 8.60. The SMILES string of the molecule is COc1cccc(P(C)(=O)Cl)c1. The molecular formula is C8H10ClO2P. The van der Waals surface area contributed by atoms with Crippen LogP contribution in [-0.2, 0) is 4.57 Å². The van der Waals surface area contributed by atoms with E-state index in [0.29, 0.717) is 11.1 Å². The summed E-state index contributed by atoms with van der Waals surface area (Å²) in [4.78, 5) is 0. The molecule has 2 nitrogen and oxygen atoms in total. The van der Waals surface area contributed by atoms with E-state index < -0.39 is 6.49 Å². The average molecular weight is 205 g/mol. The molecule has 66 valence electrons. The Morgan fingerprint density at radius 3 is 2.67 bits per heavy atom. The number of rotatable bonds is 2. The lowest BCUT2D eigenvalue weighted by Gasteiger charge is -2.05. The first-order chi connectivity index (χ1) is 5.54. The number of methoxy groups -OCH3 is 1. The number of ether oxygens (including phenoxy) is 1. The second-order valence-electron chi connectivity index (χ2n) is 2.52. The van der Waals surface area contributed by atoms with Gasteiger partial charge in [0.2, 0.25) is 0 Å². The number of halogens is 1. The Kier molecular flexibility index (Phi) is 2.81. The first-order valence-electron chi connectivity index (χ1n) is 3.46. The van der Waals surface area contributed by atoms with Crippen LogP contribution >= 0.6 is 17.7 Å². The highest BCUT2D eigenvalue weighted by atomic mass is 35.7. The molecule has 0 amide bonds. The second kappa shape index (κ2) is 3.51. The van der Waals surface area contributed by atoms with E-state index in [1.165, 1.54) is 6.66 Å². The summed E-state index contributed by atoms with van der Waals surface area (Å²) in [5.74, 6) is 0.676. The molecule has 0 heterocycles. The van der Waals surface area contributed by atoms with Crippen molar-refractivity contribution in [3.05, 3.63) is 24.3 Å². The summed E-state index contributed by atoms with van der Waals surface area (Å²) in [7, 11) is 1.56. The maximum atomic E-state index is 11.4. The van der Waals surface area contributed by atoms with Crippen LogP contribution in [0.5, 0.6) is 5.75 Å². The molecule has 12 heavy (non-hydrogen) atoms. The number of benzene rings is 1. The lowest BCUT2D eigenvalue weighted by Crippen LogP contribution is -1.99. The Labute approximate surface area is 76.7 Å². The van der Waals surface area contributed by atoms with Crippen LogP contribution in [0.25, 0.3) is 0 Å². The van der Waals surface area contributed by atoms with E-state index in [2.05, 4.69) is 0 Å². The molecule has 1 aromatic carbocycles. The van der Waals surface area contributed by atoms with Crippen molar-refractivity contribution in [1.29, 1.82) is 0 Å². The predicted molar refractivity (Wildman–Crippen MR) is 52.0 cm³/mol. The van der Waals surface area contributed by atoms with E-state index in [0.717, 1.165) is 0 Å². The van der Waals surface area contributed by atoms with Gasteiger partial charge in [0.15, 0.2) is 6.49 Å². The van der Waals surface area contributed by atoms with Gasteiger partial charge >= 0.3 is 0 Å². The fourth-order valence-electron chi connectivity index (χ4n) is 0.859. The fraction of sp³-hybridized carbons (Fsp3) is 0.250. The highest BCUT2D eigenvalue weighted by molar-refractivity contribution is 7.94. The van der Waals surface area contributed by atoms with Gasteiger partial charge in [-0.15, -0.1) is 0 Å². The highest BCUT2D eigenvalue weighted by Gasteiger charge is 2.13. The Balaban J connectivity index is 3.11. The minimum Gasteiger partial charge on any atom is -0.497 e.